The summed E-state index contributed by atoms with van der Waals surface area (Å²) in [6, 6.07) is 6.51. The maximum atomic E-state index is 11.9. The third-order valence-electron chi connectivity index (χ3n) is 4.01. The third kappa shape index (κ3) is 3.31. The summed E-state index contributed by atoms with van der Waals surface area (Å²) in [7, 11) is 0. The topological polar surface area (TPSA) is 55.6 Å². The summed E-state index contributed by atoms with van der Waals surface area (Å²) in [5.74, 6) is 0.294. The molecule has 0 bridgehead atoms. The van der Waals surface area contributed by atoms with E-state index >= 15 is 0 Å². The minimum atomic E-state index is -0.253. The van der Waals surface area contributed by atoms with E-state index in [0.717, 1.165) is 6.42 Å². The van der Waals surface area contributed by atoms with Crippen LogP contribution >= 0.6 is 0 Å². The minimum Gasteiger partial charge on any atom is -0.450 e. The average molecular weight is 276 g/mol. The summed E-state index contributed by atoms with van der Waals surface area (Å²) in [4.78, 5) is 13.6. The number of ether oxygens (including phenoxy) is 1. The van der Waals surface area contributed by atoms with Gasteiger partial charge in [0.2, 0.25) is 0 Å². The molecule has 1 fully saturated rings. The Bertz CT molecular complexity index is 487. The molecule has 1 aromatic carbocycles. The number of piperidine rings is 1. The molecular weight excluding hydrogens is 252 g/mol. The lowest BCUT2D eigenvalue weighted by molar-refractivity contribution is 0.0917. The summed E-state index contributed by atoms with van der Waals surface area (Å²) in [5, 5.41) is 0. The van der Waals surface area contributed by atoms with Crippen LogP contribution in [0.5, 0.6) is 0 Å². The van der Waals surface area contributed by atoms with Crippen molar-refractivity contribution in [2.75, 3.05) is 19.7 Å². The van der Waals surface area contributed by atoms with E-state index in [9.17, 15) is 4.79 Å². The van der Waals surface area contributed by atoms with E-state index in [2.05, 4.69) is 32.0 Å². The van der Waals surface area contributed by atoms with Crippen LogP contribution in [0.25, 0.3) is 0 Å². The molecule has 1 heterocycles. The number of likely N-dealkylation sites (tertiary alicyclic amines) is 1. The fourth-order valence-electron chi connectivity index (χ4n) is 2.76. The molecule has 2 N–H and O–H groups in total. The van der Waals surface area contributed by atoms with Crippen LogP contribution in [0.15, 0.2) is 18.2 Å². The zero-order valence-corrected chi connectivity index (χ0v) is 12.6. The lowest BCUT2D eigenvalue weighted by Crippen LogP contribution is -2.48. The van der Waals surface area contributed by atoms with Gasteiger partial charge in [0, 0.05) is 25.0 Å². The highest BCUT2D eigenvalue weighted by Crippen LogP contribution is 2.28. The maximum Gasteiger partial charge on any atom is 0.409 e. The molecule has 110 valence electrons. The Kier molecular flexibility index (Phi) is 4.65. The lowest BCUT2D eigenvalue weighted by Gasteiger charge is -2.36. The van der Waals surface area contributed by atoms with Crippen LogP contribution in [0, 0.1) is 13.8 Å². The van der Waals surface area contributed by atoms with Gasteiger partial charge in [0.05, 0.1) is 6.61 Å². The van der Waals surface area contributed by atoms with E-state index in [0.29, 0.717) is 25.6 Å². The molecule has 1 aliphatic heterocycles. The largest absolute Gasteiger partial charge is 0.450 e. The molecule has 0 spiro atoms. The predicted octanol–water partition coefficient (Wildman–Crippen LogP) is 2.58. The smallest absolute Gasteiger partial charge is 0.409 e. The Morgan fingerprint density at radius 2 is 2.10 bits per heavy atom. The molecule has 2 unspecified atom stereocenters. The molecule has 0 saturated carbocycles. The van der Waals surface area contributed by atoms with Crippen molar-refractivity contribution in [2.45, 2.75) is 39.2 Å². The Morgan fingerprint density at radius 3 is 2.75 bits per heavy atom. The van der Waals surface area contributed by atoms with Gasteiger partial charge < -0.3 is 15.4 Å². The number of benzene rings is 1. The fraction of sp³-hybridized carbons (Fsp3) is 0.562. The first-order valence-electron chi connectivity index (χ1n) is 7.25. The monoisotopic (exact) mass is 276 g/mol. The van der Waals surface area contributed by atoms with Gasteiger partial charge in [-0.1, -0.05) is 18.2 Å². The van der Waals surface area contributed by atoms with Crippen molar-refractivity contribution in [3.05, 3.63) is 34.9 Å². The van der Waals surface area contributed by atoms with E-state index < -0.39 is 0 Å². The first-order chi connectivity index (χ1) is 9.51. The van der Waals surface area contributed by atoms with Gasteiger partial charge in [0.1, 0.15) is 0 Å². The molecule has 0 aliphatic carbocycles. The Morgan fingerprint density at radius 1 is 1.35 bits per heavy atom. The standard InChI is InChI=1S/C16H24N2O2/c1-4-20-16(19)18-9-14(8-15(17)10-18)13-6-5-11(2)12(3)7-13/h5-7,14-15H,4,8-10,17H2,1-3H3. The number of aryl methyl sites for hydroxylation is 2. The molecule has 1 aromatic rings. The quantitative estimate of drug-likeness (QED) is 0.903. The van der Waals surface area contributed by atoms with Crippen molar-refractivity contribution in [2.24, 2.45) is 5.73 Å². The van der Waals surface area contributed by atoms with Crippen LogP contribution in [0.2, 0.25) is 0 Å². The number of carbonyl (C=O) groups excluding carboxylic acids is 1. The molecule has 0 radical (unpaired) electrons. The molecule has 20 heavy (non-hydrogen) atoms. The summed E-state index contributed by atoms with van der Waals surface area (Å²) >= 11 is 0. The zero-order chi connectivity index (χ0) is 14.7. The highest BCUT2D eigenvalue weighted by Gasteiger charge is 2.29. The van der Waals surface area contributed by atoms with Crippen LogP contribution in [0.3, 0.4) is 0 Å². The van der Waals surface area contributed by atoms with Gasteiger partial charge in [-0.05, 0) is 43.9 Å². The van der Waals surface area contributed by atoms with Crippen molar-refractivity contribution in [1.82, 2.24) is 4.90 Å². The second-order valence-electron chi connectivity index (χ2n) is 5.64. The number of nitrogens with two attached hydrogens (primary N) is 1. The van der Waals surface area contributed by atoms with Crippen LogP contribution < -0.4 is 5.73 Å². The van der Waals surface area contributed by atoms with Crippen molar-refractivity contribution in [3.63, 3.8) is 0 Å². The molecule has 1 aliphatic rings. The summed E-state index contributed by atoms with van der Waals surface area (Å²) < 4.78 is 5.09. The number of hydrogen-bond donors (Lipinski definition) is 1. The highest BCUT2D eigenvalue weighted by molar-refractivity contribution is 5.68. The van der Waals surface area contributed by atoms with Crippen LogP contribution in [0.1, 0.15) is 36.0 Å². The molecule has 2 atom stereocenters. The number of amides is 1. The molecule has 4 nitrogen and oxygen atoms in total. The Hall–Kier alpha value is -1.55. The van der Waals surface area contributed by atoms with Crippen molar-refractivity contribution in [1.29, 1.82) is 0 Å². The fourth-order valence-corrected chi connectivity index (χ4v) is 2.76. The molecule has 0 aromatic heterocycles. The van der Waals surface area contributed by atoms with Crippen molar-refractivity contribution < 1.29 is 9.53 Å². The number of rotatable bonds is 2. The molecule has 4 heteroatoms. The van der Waals surface area contributed by atoms with Gasteiger partial charge in [-0.2, -0.15) is 0 Å². The van der Waals surface area contributed by atoms with E-state index in [4.69, 9.17) is 10.5 Å². The summed E-state index contributed by atoms with van der Waals surface area (Å²) in [5.41, 5.74) is 9.94. The van der Waals surface area contributed by atoms with Gasteiger partial charge >= 0.3 is 6.09 Å². The normalized spacial score (nSPS) is 22.7. The second-order valence-corrected chi connectivity index (χ2v) is 5.64. The SMILES string of the molecule is CCOC(=O)N1CC(N)CC(c2ccc(C)c(C)c2)C1. The van der Waals surface area contributed by atoms with Crippen LogP contribution in [-0.4, -0.2) is 36.7 Å². The van der Waals surface area contributed by atoms with Gasteiger partial charge in [0.25, 0.3) is 0 Å². The highest BCUT2D eigenvalue weighted by atomic mass is 16.6. The van der Waals surface area contributed by atoms with E-state index in [1.165, 1.54) is 16.7 Å². The Balaban J connectivity index is 2.14. The van der Waals surface area contributed by atoms with Crippen LogP contribution in [0.4, 0.5) is 4.79 Å². The number of hydrogen-bond acceptors (Lipinski definition) is 3. The van der Waals surface area contributed by atoms with Gasteiger partial charge in [-0.25, -0.2) is 4.79 Å². The molecule has 2 rings (SSSR count). The first kappa shape index (κ1) is 14.9. The minimum absolute atomic E-state index is 0.0137. The van der Waals surface area contributed by atoms with E-state index in [1.54, 1.807) is 4.90 Å². The van der Waals surface area contributed by atoms with E-state index in [-0.39, 0.29) is 12.1 Å². The van der Waals surface area contributed by atoms with Gasteiger partial charge in [-0.15, -0.1) is 0 Å². The van der Waals surface area contributed by atoms with E-state index in [1.807, 2.05) is 6.92 Å². The maximum absolute atomic E-state index is 11.9. The second kappa shape index (κ2) is 6.27. The molecule has 1 amide bonds. The number of nitrogens with zero attached hydrogens (tertiary/aromatic N) is 1. The summed E-state index contributed by atoms with van der Waals surface area (Å²) in [6.45, 7) is 7.72. The van der Waals surface area contributed by atoms with Gasteiger partial charge in [-0.3, -0.25) is 0 Å². The summed E-state index contributed by atoms with van der Waals surface area (Å²) in [6.07, 6.45) is 0.662. The number of carbonyl (C=O) groups is 1. The zero-order valence-electron chi connectivity index (χ0n) is 12.6. The van der Waals surface area contributed by atoms with Gasteiger partial charge in [0.15, 0.2) is 0 Å². The Labute approximate surface area is 120 Å². The van der Waals surface area contributed by atoms with Crippen LogP contribution in [-0.2, 0) is 4.74 Å². The van der Waals surface area contributed by atoms with Crippen molar-refractivity contribution in [3.8, 4) is 0 Å². The average Bonchev–Trinajstić information content (AvgIpc) is 2.41. The molecule has 1 saturated heterocycles. The predicted molar refractivity (Wildman–Crippen MR) is 79.8 cm³/mol. The molecular formula is C16H24N2O2. The van der Waals surface area contributed by atoms with Crippen molar-refractivity contribution >= 4 is 6.09 Å². The lowest BCUT2D eigenvalue weighted by atomic mass is 9.87. The first-order valence-corrected chi connectivity index (χ1v) is 7.25. The third-order valence-corrected chi connectivity index (χ3v) is 4.01.